The van der Waals surface area contributed by atoms with Gasteiger partial charge in [0.2, 0.25) is 0 Å². The number of hydrogen-bond acceptors (Lipinski definition) is 2. The van der Waals surface area contributed by atoms with E-state index in [1.807, 2.05) is 23.1 Å². The summed E-state index contributed by atoms with van der Waals surface area (Å²) in [7, 11) is 0. The van der Waals surface area contributed by atoms with E-state index in [-0.39, 0.29) is 5.91 Å². The molecule has 0 bridgehead atoms. The van der Waals surface area contributed by atoms with Gasteiger partial charge in [0.25, 0.3) is 5.91 Å². The molecule has 1 aromatic carbocycles. The van der Waals surface area contributed by atoms with Crippen LogP contribution >= 0.6 is 38.5 Å². The average Bonchev–Trinajstić information content (AvgIpc) is 2.43. The van der Waals surface area contributed by atoms with Crippen LogP contribution in [-0.2, 0) is 0 Å². The van der Waals surface area contributed by atoms with Crippen molar-refractivity contribution in [3.63, 3.8) is 0 Å². The summed E-state index contributed by atoms with van der Waals surface area (Å²) in [5, 5.41) is 3.34. The summed E-state index contributed by atoms with van der Waals surface area (Å²) in [4.78, 5) is 14.7. The van der Waals surface area contributed by atoms with Crippen LogP contribution in [0.1, 0.15) is 30.1 Å². The fourth-order valence-corrected chi connectivity index (χ4v) is 3.41. The first-order chi connectivity index (χ1) is 9.13. The third-order valence-corrected chi connectivity index (χ3v) is 4.87. The van der Waals surface area contributed by atoms with E-state index < -0.39 is 0 Å². The zero-order valence-electron chi connectivity index (χ0n) is 11.0. The van der Waals surface area contributed by atoms with E-state index in [1.165, 1.54) is 0 Å². The van der Waals surface area contributed by atoms with E-state index in [2.05, 4.69) is 50.8 Å². The Morgan fingerprint density at radius 3 is 2.79 bits per heavy atom. The summed E-state index contributed by atoms with van der Waals surface area (Å²) in [5.74, 6) is 0.139. The molecule has 1 fully saturated rings. The summed E-state index contributed by atoms with van der Waals surface area (Å²) in [5.41, 5.74) is 0.771. The number of nitrogens with one attached hydrogen (secondary N) is 1. The van der Waals surface area contributed by atoms with Gasteiger partial charge in [0, 0.05) is 20.6 Å². The van der Waals surface area contributed by atoms with Gasteiger partial charge in [-0.2, -0.15) is 0 Å². The topological polar surface area (TPSA) is 32.3 Å². The van der Waals surface area contributed by atoms with Crippen molar-refractivity contribution in [1.82, 2.24) is 10.2 Å². The maximum Gasteiger partial charge on any atom is 0.255 e. The number of amides is 1. The number of piperidine rings is 1. The van der Waals surface area contributed by atoms with Gasteiger partial charge in [-0.05, 0) is 89.6 Å². The number of hydrogen-bond donors (Lipinski definition) is 1. The molecule has 104 valence electrons. The third kappa shape index (κ3) is 3.70. The third-order valence-electron chi connectivity index (χ3n) is 3.51. The van der Waals surface area contributed by atoms with Crippen LogP contribution in [0.2, 0.25) is 0 Å². The van der Waals surface area contributed by atoms with Crippen LogP contribution in [-0.4, -0.2) is 36.5 Å². The Bertz CT molecular complexity index is 461. The molecule has 0 saturated carbocycles. The molecule has 0 aliphatic carbocycles. The lowest BCUT2D eigenvalue weighted by Gasteiger charge is -2.34. The lowest BCUT2D eigenvalue weighted by atomic mass is 10.0. The standard InChI is InChI=1S/C14H18BrIN2O/c1-2-18(11-5-7-17-8-6-11)14(19)12-9-10(16)3-4-13(12)15/h3-4,9,11,17H,2,5-8H2,1H3. The van der Waals surface area contributed by atoms with E-state index in [0.29, 0.717) is 6.04 Å². The number of benzene rings is 1. The molecule has 1 heterocycles. The molecule has 3 nitrogen and oxygen atoms in total. The zero-order valence-corrected chi connectivity index (χ0v) is 14.7. The predicted molar refractivity (Wildman–Crippen MR) is 89.5 cm³/mol. The Hall–Kier alpha value is -0.140. The maximum absolute atomic E-state index is 12.7. The largest absolute Gasteiger partial charge is 0.336 e. The molecule has 1 aliphatic rings. The highest BCUT2D eigenvalue weighted by Gasteiger charge is 2.26. The quantitative estimate of drug-likeness (QED) is 0.737. The van der Waals surface area contributed by atoms with Gasteiger partial charge in [0.15, 0.2) is 0 Å². The fourth-order valence-electron chi connectivity index (χ4n) is 2.50. The first-order valence-electron chi connectivity index (χ1n) is 6.60. The van der Waals surface area contributed by atoms with Crippen LogP contribution in [0.15, 0.2) is 22.7 Å². The lowest BCUT2D eigenvalue weighted by Crippen LogP contribution is -2.46. The van der Waals surface area contributed by atoms with Crippen LogP contribution in [0, 0.1) is 3.57 Å². The normalized spacial score (nSPS) is 16.4. The monoisotopic (exact) mass is 436 g/mol. The summed E-state index contributed by atoms with van der Waals surface area (Å²) >= 11 is 5.73. The number of halogens is 2. The minimum atomic E-state index is 0.139. The van der Waals surface area contributed by atoms with Crippen molar-refractivity contribution < 1.29 is 4.79 Å². The molecule has 0 atom stereocenters. The van der Waals surface area contributed by atoms with Gasteiger partial charge in [0.05, 0.1) is 5.56 Å². The van der Waals surface area contributed by atoms with Crippen LogP contribution < -0.4 is 5.32 Å². The van der Waals surface area contributed by atoms with E-state index in [1.54, 1.807) is 0 Å². The molecule has 1 aromatic rings. The van der Waals surface area contributed by atoms with Crippen molar-refractivity contribution >= 4 is 44.4 Å². The number of carbonyl (C=O) groups excluding carboxylic acids is 1. The van der Waals surface area contributed by atoms with Gasteiger partial charge < -0.3 is 10.2 Å². The van der Waals surface area contributed by atoms with Crippen LogP contribution in [0.4, 0.5) is 0 Å². The highest BCUT2D eigenvalue weighted by Crippen LogP contribution is 2.23. The van der Waals surface area contributed by atoms with Gasteiger partial charge >= 0.3 is 0 Å². The van der Waals surface area contributed by atoms with Crippen molar-refractivity contribution in [2.75, 3.05) is 19.6 Å². The fraction of sp³-hybridized carbons (Fsp3) is 0.500. The summed E-state index contributed by atoms with van der Waals surface area (Å²) < 4.78 is 1.97. The molecule has 0 spiro atoms. The second-order valence-corrected chi connectivity index (χ2v) is 6.80. The SMILES string of the molecule is CCN(C(=O)c1cc(I)ccc1Br)C1CCNCC1. The molecule has 1 N–H and O–H groups in total. The van der Waals surface area contributed by atoms with Crippen molar-refractivity contribution in [2.45, 2.75) is 25.8 Å². The van der Waals surface area contributed by atoms with E-state index in [4.69, 9.17) is 0 Å². The van der Waals surface area contributed by atoms with Gasteiger partial charge in [0.1, 0.15) is 0 Å². The first kappa shape index (κ1) is 15.3. The lowest BCUT2D eigenvalue weighted by molar-refractivity contribution is 0.0655. The molecule has 2 rings (SSSR count). The Morgan fingerprint density at radius 1 is 1.47 bits per heavy atom. The van der Waals surface area contributed by atoms with Crippen LogP contribution in [0.3, 0.4) is 0 Å². The molecule has 1 saturated heterocycles. The van der Waals surface area contributed by atoms with E-state index in [0.717, 1.165) is 46.1 Å². The molecule has 5 heteroatoms. The smallest absolute Gasteiger partial charge is 0.255 e. The molecule has 1 amide bonds. The van der Waals surface area contributed by atoms with Crippen molar-refractivity contribution in [3.05, 3.63) is 31.8 Å². The van der Waals surface area contributed by atoms with Crippen molar-refractivity contribution in [1.29, 1.82) is 0 Å². The van der Waals surface area contributed by atoms with E-state index in [9.17, 15) is 4.79 Å². The molecule has 0 radical (unpaired) electrons. The summed E-state index contributed by atoms with van der Waals surface area (Å²) in [6, 6.07) is 6.27. The predicted octanol–water partition coefficient (Wildman–Crippen LogP) is 3.27. The zero-order chi connectivity index (χ0) is 13.8. The minimum absolute atomic E-state index is 0.139. The Morgan fingerprint density at radius 2 is 2.16 bits per heavy atom. The highest BCUT2D eigenvalue weighted by atomic mass is 127. The maximum atomic E-state index is 12.7. The Kier molecular flexibility index (Phi) is 5.65. The first-order valence-corrected chi connectivity index (χ1v) is 8.47. The van der Waals surface area contributed by atoms with E-state index >= 15 is 0 Å². The molecule has 19 heavy (non-hydrogen) atoms. The summed E-state index contributed by atoms with van der Waals surface area (Å²) in [6.45, 7) is 4.83. The number of carbonyl (C=O) groups is 1. The molecular formula is C14H18BrIN2O. The van der Waals surface area contributed by atoms with Gasteiger partial charge in [-0.3, -0.25) is 4.79 Å². The number of nitrogens with zero attached hydrogens (tertiary/aromatic N) is 1. The second kappa shape index (κ2) is 7.04. The van der Waals surface area contributed by atoms with Crippen LogP contribution in [0.5, 0.6) is 0 Å². The molecule has 0 aromatic heterocycles. The van der Waals surface area contributed by atoms with Crippen molar-refractivity contribution in [3.8, 4) is 0 Å². The van der Waals surface area contributed by atoms with Crippen molar-refractivity contribution in [2.24, 2.45) is 0 Å². The Balaban J connectivity index is 2.22. The number of rotatable bonds is 3. The molecular weight excluding hydrogens is 419 g/mol. The molecule has 0 unspecified atom stereocenters. The second-order valence-electron chi connectivity index (χ2n) is 4.70. The highest BCUT2D eigenvalue weighted by molar-refractivity contribution is 14.1. The Labute approximate surface area is 136 Å². The van der Waals surface area contributed by atoms with Crippen LogP contribution in [0.25, 0.3) is 0 Å². The van der Waals surface area contributed by atoms with Gasteiger partial charge in [-0.15, -0.1) is 0 Å². The molecule has 1 aliphatic heterocycles. The van der Waals surface area contributed by atoms with Gasteiger partial charge in [-0.25, -0.2) is 0 Å². The minimum Gasteiger partial charge on any atom is -0.336 e. The average molecular weight is 437 g/mol. The van der Waals surface area contributed by atoms with Gasteiger partial charge in [-0.1, -0.05) is 0 Å². The summed E-state index contributed by atoms with van der Waals surface area (Å²) in [6.07, 6.45) is 2.09.